The molecule has 0 radical (unpaired) electrons. The summed E-state index contributed by atoms with van der Waals surface area (Å²) >= 11 is 0. The first kappa shape index (κ1) is 21.6. The lowest BCUT2D eigenvalue weighted by atomic mass is 9.99. The number of carbonyl (C=O) groups excluding carboxylic acids is 1. The zero-order chi connectivity index (χ0) is 21.3. The molecule has 0 aliphatic heterocycles. The highest BCUT2D eigenvalue weighted by Crippen LogP contribution is 2.18. The van der Waals surface area contributed by atoms with Crippen molar-refractivity contribution in [2.45, 2.75) is 40.0 Å². The number of esters is 1. The largest absolute Gasteiger partial charge is 0.423 e. The SMILES string of the molecule is CCc1ccc(/C=C/c2ccc(C(=O)Oc3ccc(CC(C)CC)cc3)cc2)cc1. The van der Waals surface area contributed by atoms with Crippen molar-refractivity contribution in [3.8, 4) is 5.75 Å². The molecule has 3 rings (SSSR count). The highest BCUT2D eigenvalue weighted by molar-refractivity contribution is 5.91. The minimum atomic E-state index is -0.338. The Morgan fingerprint density at radius 2 is 1.33 bits per heavy atom. The molecule has 1 unspecified atom stereocenters. The van der Waals surface area contributed by atoms with Crippen LogP contribution in [0.1, 0.15) is 59.8 Å². The molecule has 2 nitrogen and oxygen atoms in total. The van der Waals surface area contributed by atoms with Crippen LogP contribution in [0.15, 0.2) is 72.8 Å². The van der Waals surface area contributed by atoms with Gasteiger partial charge in [-0.1, -0.05) is 87.9 Å². The first-order valence-electron chi connectivity index (χ1n) is 10.8. The number of carbonyl (C=O) groups is 1. The van der Waals surface area contributed by atoms with Gasteiger partial charge in [0.2, 0.25) is 0 Å². The van der Waals surface area contributed by atoms with Crippen LogP contribution >= 0.6 is 0 Å². The summed E-state index contributed by atoms with van der Waals surface area (Å²) in [7, 11) is 0. The van der Waals surface area contributed by atoms with Crippen molar-refractivity contribution >= 4 is 18.1 Å². The minimum absolute atomic E-state index is 0.338. The number of benzene rings is 3. The van der Waals surface area contributed by atoms with Gasteiger partial charge in [0.15, 0.2) is 0 Å². The van der Waals surface area contributed by atoms with Crippen LogP contribution in [0.4, 0.5) is 0 Å². The van der Waals surface area contributed by atoms with E-state index < -0.39 is 0 Å². The number of hydrogen-bond acceptors (Lipinski definition) is 2. The van der Waals surface area contributed by atoms with Crippen molar-refractivity contribution in [2.75, 3.05) is 0 Å². The first-order chi connectivity index (χ1) is 14.6. The molecular weight excluding hydrogens is 368 g/mol. The molecule has 2 heteroatoms. The van der Waals surface area contributed by atoms with Crippen LogP contribution in [0, 0.1) is 5.92 Å². The predicted molar refractivity (Wildman–Crippen MR) is 126 cm³/mol. The third-order valence-corrected chi connectivity index (χ3v) is 5.42. The van der Waals surface area contributed by atoms with E-state index in [9.17, 15) is 4.79 Å². The van der Waals surface area contributed by atoms with Crippen LogP contribution < -0.4 is 4.74 Å². The molecule has 3 aromatic carbocycles. The van der Waals surface area contributed by atoms with Gasteiger partial charge in [-0.05, 0) is 65.3 Å². The lowest BCUT2D eigenvalue weighted by Crippen LogP contribution is -2.08. The molecule has 0 saturated heterocycles. The molecule has 0 saturated carbocycles. The molecule has 3 aromatic rings. The molecule has 30 heavy (non-hydrogen) atoms. The Bertz CT molecular complexity index is 965. The average Bonchev–Trinajstić information content (AvgIpc) is 2.79. The maximum Gasteiger partial charge on any atom is 0.343 e. The van der Waals surface area contributed by atoms with E-state index in [0.717, 1.165) is 30.4 Å². The molecule has 1 atom stereocenters. The topological polar surface area (TPSA) is 26.3 Å². The Kier molecular flexibility index (Phi) is 7.62. The Hall–Kier alpha value is -3.13. The molecule has 0 aliphatic carbocycles. The smallest absolute Gasteiger partial charge is 0.343 e. The first-order valence-corrected chi connectivity index (χ1v) is 10.8. The summed E-state index contributed by atoms with van der Waals surface area (Å²) in [4.78, 5) is 12.4. The summed E-state index contributed by atoms with van der Waals surface area (Å²) in [6, 6.07) is 23.8. The minimum Gasteiger partial charge on any atom is -0.423 e. The van der Waals surface area contributed by atoms with E-state index in [1.165, 1.54) is 11.1 Å². The van der Waals surface area contributed by atoms with Crippen molar-refractivity contribution < 1.29 is 9.53 Å². The quantitative estimate of drug-likeness (QED) is 0.227. The fourth-order valence-corrected chi connectivity index (χ4v) is 3.19. The molecule has 0 fully saturated rings. The normalized spacial score (nSPS) is 12.1. The molecule has 0 heterocycles. The van der Waals surface area contributed by atoms with E-state index in [1.54, 1.807) is 12.1 Å². The lowest BCUT2D eigenvalue weighted by Gasteiger charge is -2.09. The van der Waals surface area contributed by atoms with Gasteiger partial charge in [-0.3, -0.25) is 0 Å². The Morgan fingerprint density at radius 3 is 1.87 bits per heavy atom. The second-order valence-corrected chi connectivity index (χ2v) is 7.80. The molecule has 0 spiro atoms. The summed E-state index contributed by atoms with van der Waals surface area (Å²) in [5.74, 6) is 0.893. The van der Waals surface area contributed by atoms with E-state index in [0.29, 0.717) is 17.2 Å². The van der Waals surface area contributed by atoms with Crippen LogP contribution in [0.5, 0.6) is 5.75 Å². The maximum atomic E-state index is 12.4. The summed E-state index contributed by atoms with van der Waals surface area (Å²) in [6.45, 7) is 6.60. The van der Waals surface area contributed by atoms with Crippen molar-refractivity contribution in [1.82, 2.24) is 0 Å². The van der Waals surface area contributed by atoms with Crippen molar-refractivity contribution in [3.63, 3.8) is 0 Å². The van der Waals surface area contributed by atoms with Gasteiger partial charge in [0.05, 0.1) is 5.56 Å². The molecule has 0 aliphatic rings. The summed E-state index contributed by atoms with van der Waals surface area (Å²) in [5, 5.41) is 0. The standard InChI is InChI=1S/C28H30O2/c1-4-21(3)20-25-14-18-27(19-15-25)30-28(29)26-16-12-24(13-17-26)11-10-23-8-6-22(5-2)7-9-23/h6-19,21H,4-5,20H2,1-3H3/b11-10+. The van der Waals surface area contributed by atoms with Gasteiger partial charge in [-0.2, -0.15) is 0 Å². The molecule has 0 aromatic heterocycles. The molecule has 0 N–H and O–H groups in total. The monoisotopic (exact) mass is 398 g/mol. The fourth-order valence-electron chi connectivity index (χ4n) is 3.19. The average molecular weight is 399 g/mol. The van der Waals surface area contributed by atoms with Crippen LogP contribution in [0.3, 0.4) is 0 Å². The molecule has 154 valence electrons. The Morgan fingerprint density at radius 1 is 0.800 bits per heavy atom. The van der Waals surface area contributed by atoms with E-state index >= 15 is 0 Å². The van der Waals surface area contributed by atoms with Crippen molar-refractivity contribution in [2.24, 2.45) is 5.92 Å². The molecule has 0 amide bonds. The summed E-state index contributed by atoms with van der Waals surface area (Å²) in [6.07, 6.45) is 7.37. The Labute approximate surface area is 180 Å². The number of rotatable bonds is 8. The van der Waals surface area contributed by atoms with E-state index in [-0.39, 0.29) is 5.97 Å². The van der Waals surface area contributed by atoms with Crippen LogP contribution in [0.2, 0.25) is 0 Å². The van der Waals surface area contributed by atoms with E-state index in [4.69, 9.17) is 4.74 Å². The maximum absolute atomic E-state index is 12.4. The van der Waals surface area contributed by atoms with Gasteiger partial charge < -0.3 is 4.74 Å². The Balaban J connectivity index is 1.58. The van der Waals surface area contributed by atoms with Gasteiger partial charge in [-0.15, -0.1) is 0 Å². The van der Waals surface area contributed by atoms with Gasteiger partial charge in [0.25, 0.3) is 0 Å². The zero-order valence-corrected chi connectivity index (χ0v) is 18.1. The van der Waals surface area contributed by atoms with Crippen molar-refractivity contribution in [3.05, 3.63) is 101 Å². The third kappa shape index (κ3) is 6.18. The van der Waals surface area contributed by atoms with Gasteiger partial charge in [0, 0.05) is 0 Å². The van der Waals surface area contributed by atoms with Crippen LogP contribution in [-0.4, -0.2) is 5.97 Å². The van der Waals surface area contributed by atoms with Gasteiger partial charge in [-0.25, -0.2) is 4.79 Å². The number of hydrogen-bond donors (Lipinski definition) is 0. The van der Waals surface area contributed by atoms with Crippen molar-refractivity contribution in [1.29, 1.82) is 0 Å². The summed E-state index contributed by atoms with van der Waals surface area (Å²) in [5.41, 5.74) is 5.35. The van der Waals surface area contributed by atoms with Gasteiger partial charge in [0.1, 0.15) is 5.75 Å². The highest BCUT2D eigenvalue weighted by Gasteiger charge is 2.09. The number of aryl methyl sites for hydroxylation is 1. The second kappa shape index (κ2) is 10.6. The third-order valence-electron chi connectivity index (χ3n) is 5.42. The summed E-state index contributed by atoms with van der Waals surface area (Å²) < 4.78 is 5.52. The molecular formula is C28H30O2. The highest BCUT2D eigenvalue weighted by atomic mass is 16.5. The molecule has 0 bridgehead atoms. The number of ether oxygens (including phenoxy) is 1. The fraction of sp³-hybridized carbons (Fsp3) is 0.250. The lowest BCUT2D eigenvalue weighted by molar-refractivity contribution is 0.0734. The van der Waals surface area contributed by atoms with E-state index in [2.05, 4.69) is 51.1 Å². The second-order valence-electron chi connectivity index (χ2n) is 7.80. The van der Waals surface area contributed by atoms with Crippen LogP contribution in [-0.2, 0) is 12.8 Å². The predicted octanol–water partition coefficient (Wildman–Crippen LogP) is 7.23. The zero-order valence-electron chi connectivity index (χ0n) is 18.1. The van der Waals surface area contributed by atoms with E-state index in [1.807, 2.05) is 42.5 Å². The van der Waals surface area contributed by atoms with Gasteiger partial charge >= 0.3 is 5.97 Å². The van der Waals surface area contributed by atoms with Crippen LogP contribution in [0.25, 0.3) is 12.2 Å².